The summed E-state index contributed by atoms with van der Waals surface area (Å²) in [5.74, 6) is 0.510. The molecule has 1 amide bonds. The molecule has 3 N–H and O–H groups in total. The van der Waals surface area contributed by atoms with Crippen LogP contribution in [0.5, 0.6) is 0 Å². The van der Waals surface area contributed by atoms with Crippen LogP contribution in [0.2, 0.25) is 0 Å². The summed E-state index contributed by atoms with van der Waals surface area (Å²) in [6, 6.07) is 6.04. The highest BCUT2D eigenvalue weighted by Crippen LogP contribution is 2.31. The molecule has 1 aliphatic carbocycles. The monoisotopic (exact) mass is 367 g/mol. The van der Waals surface area contributed by atoms with Gasteiger partial charge >= 0.3 is 0 Å². The number of hydrogen-bond acceptors (Lipinski definition) is 4. The molecule has 1 heterocycles. The molecule has 0 aliphatic heterocycles. The Hall–Kier alpha value is -1.99. The predicted octanol–water partition coefficient (Wildman–Crippen LogP) is 2.42. The topological polar surface area (TPSA) is 85.8 Å². The van der Waals surface area contributed by atoms with Gasteiger partial charge in [0.15, 0.2) is 0 Å². The third-order valence-electron chi connectivity index (χ3n) is 4.13. The van der Waals surface area contributed by atoms with Crippen molar-refractivity contribution >= 4 is 18.3 Å². The summed E-state index contributed by atoms with van der Waals surface area (Å²) in [4.78, 5) is 16.6. The maximum Gasteiger partial charge on any atom is 0.291 e. The lowest BCUT2D eigenvalue weighted by atomic mass is 10.2. The Labute approximate surface area is 152 Å². The van der Waals surface area contributed by atoms with E-state index in [0.717, 1.165) is 12.8 Å². The molecule has 1 atom stereocenters. The Morgan fingerprint density at radius 2 is 2.16 bits per heavy atom. The van der Waals surface area contributed by atoms with Crippen molar-refractivity contribution in [2.45, 2.75) is 38.6 Å². The number of aromatic nitrogens is 3. The molecule has 1 fully saturated rings. The first kappa shape index (κ1) is 19.3. The maximum absolute atomic E-state index is 13.5. The molecule has 136 valence electrons. The first-order chi connectivity index (χ1) is 11.5. The van der Waals surface area contributed by atoms with E-state index in [0.29, 0.717) is 24.0 Å². The molecular formula is C17H23ClFN5O. The normalized spacial score (nSPS) is 14.9. The fraction of sp³-hybridized carbons (Fsp3) is 0.471. The molecule has 8 heteroatoms. The second-order valence-electron chi connectivity index (χ2n) is 6.55. The number of carbonyl (C=O) groups is 1. The Balaban J connectivity index is 0.00000225. The van der Waals surface area contributed by atoms with Gasteiger partial charge in [0.25, 0.3) is 5.91 Å². The summed E-state index contributed by atoms with van der Waals surface area (Å²) in [5.41, 5.74) is 6.54. The smallest absolute Gasteiger partial charge is 0.291 e. The highest BCUT2D eigenvalue weighted by atomic mass is 35.5. The van der Waals surface area contributed by atoms with Crippen LogP contribution in [0, 0.1) is 11.7 Å². The van der Waals surface area contributed by atoms with Gasteiger partial charge in [0.05, 0.1) is 5.69 Å². The lowest BCUT2D eigenvalue weighted by molar-refractivity contribution is 0.0940. The van der Waals surface area contributed by atoms with Crippen molar-refractivity contribution in [2.24, 2.45) is 11.7 Å². The summed E-state index contributed by atoms with van der Waals surface area (Å²) < 4.78 is 15.0. The fourth-order valence-corrected chi connectivity index (χ4v) is 2.57. The summed E-state index contributed by atoms with van der Waals surface area (Å²) in [7, 11) is 0. The molecule has 6 nitrogen and oxygen atoms in total. The number of benzene rings is 1. The van der Waals surface area contributed by atoms with Gasteiger partial charge in [-0.05, 0) is 37.0 Å². The molecule has 1 aromatic carbocycles. The zero-order valence-corrected chi connectivity index (χ0v) is 15.1. The van der Waals surface area contributed by atoms with E-state index < -0.39 is 0 Å². The van der Waals surface area contributed by atoms with Crippen LogP contribution >= 0.6 is 12.4 Å². The van der Waals surface area contributed by atoms with E-state index in [1.807, 2.05) is 13.8 Å². The summed E-state index contributed by atoms with van der Waals surface area (Å²) in [5, 5.41) is 7.05. The van der Waals surface area contributed by atoms with Crippen molar-refractivity contribution in [1.82, 2.24) is 20.1 Å². The van der Waals surface area contributed by atoms with Crippen LogP contribution in [-0.4, -0.2) is 33.3 Å². The molecule has 1 aliphatic rings. The van der Waals surface area contributed by atoms with Gasteiger partial charge in [0.1, 0.15) is 11.6 Å². The molecule has 3 rings (SSSR count). The third-order valence-corrected chi connectivity index (χ3v) is 4.13. The van der Waals surface area contributed by atoms with E-state index in [2.05, 4.69) is 15.4 Å². The predicted molar refractivity (Wildman–Crippen MR) is 95.7 cm³/mol. The van der Waals surface area contributed by atoms with Gasteiger partial charge in [-0.15, -0.1) is 17.5 Å². The van der Waals surface area contributed by atoms with Crippen molar-refractivity contribution in [2.75, 3.05) is 6.54 Å². The van der Waals surface area contributed by atoms with Gasteiger partial charge in [-0.1, -0.05) is 19.9 Å². The molecule has 1 unspecified atom stereocenters. The number of nitrogens with two attached hydrogens (primary N) is 1. The maximum atomic E-state index is 13.5. The van der Waals surface area contributed by atoms with Gasteiger partial charge in [0, 0.05) is 18.5 Å². The van der Waals surface area contributed by atoms with Gasteiger partial charge in [-0.25, -0.2) is 14.1 Å². The number of halogens is 2. The SMILES string of the molecule is CC(C)c1nc(C(=O)NCC(N)C2CC2)nn1-c1cccc(F)c1.Cl. The molecule has 0 spiro atoms. The molecule has 0 radical (unpaired) electrons. The molecule has 1 aromatic heterocycles. The summed E-state index contributed by atoms with van der Waals surface area (Å²) >= 11 is 0. The van der Waals surface area contributed by atoms with Crippen LogP contribution in [0.25, 0.3) is 5.69 Å². The van der Waals surface area contributed by atoms with Crippen molar-refractivity contribution in [3.8, 4) is 5.69 Å². The minimum atomic E-state index is -0.362. The van der Waals surface area contributed by atoms with Crippen LogP contribution in [0.1, 0.15) is 49.1 Å². The number of amides is 1. The average molecular weight is 368 g/mol. The van der Waals surface area contributed by atoms with Crippen LogP contribution in [0.15, 0.2) is 24.3 Å². The molecule has 25 heavy (non-hydrogen) atoms. The van der Waals surface area contributed by atoms with Gasteiger partial charge in [-0.2, -0.15) is 0 Å². The zero-order chi connectivity index (χ0) is 17.3. The van der Waals surface area contributed by atoms with Crippen LogP contribution in [-0.2, 0) is 0 Å². The Morgan fingerprint density at radius 1 is 1.44 bits per heavy atom. The van der Waals surface area contributed by atoms with Gasteiger partial charge in [0.2, 0.25) is 5.82 Å². The van der Waals surface area contributed by atoms with Gasteiger partial charge < -0.3 is 11.1 Å². The van der Waals surface area contributed by atoms with E-state index in [-0.39, 0.29) is 41.9 Å². The number of carbonyl (C=O) groups excluding carboxylic acids is 1. The first-order valence-electron chi connectivity index (χ1n) is 8.22. The van der Waals surface area contributed by atoms with Crippen molar-refractivity contribution < 1.29 is 9.18 Å². The lowest BCUT2D eigenvalue weighted by Gasteiger charge is -2.09. The van der Waals surface area contributed by atoms with Crippen molar-refractivity contribution in [3.05, 3.63) is 41.7 Å². The van der Waals surface area contributed by atoms with E-state index in [1.54, 1.807) is 12.1 Å². The lowest BCUT2D eigenvalue weighted by Crippen LogP contribution is -2.39. The zero-order valence-electron chi connectivity index (χ0n) is 14.3. The average Bonchev–Trinajstić information content (AvgIpc) is 3.30. The summed E-state index contributed by atoms with van der Waals surface area (Å²) in [6.45, 7) is 4.31. The number of nitrogens with one attached hydrogen (secondary N) is 1. The molecule has 0 saturated heterocycles. The van der Waals surface area contributed by atoms with E-state index >= 15 is 0 Å². The quantitative estimate of drug-likeness (QED) is 0.821. The standard InChI is InChI=1S/C17H22FN5O.ClH/c1-10(2)16-21-15(17(24)20-9-14(19)11-6-7-11)22-23(16)13-5-3-4-12(18)8-13;/h3-5,8,10-11,14H,6-7,9,19H2,1-2H3,(H,20,24);1H. The Kier molecular flexibility index (Phi) is 6.13. The number of nitrogens with zero attached hydrogens (tertiary/aromatic N) is 3. The van der Waals surface area contributed by atoms with Crippen LogP contribution in [0.4, 0.5) is 4.39 Å². The molecule has 1 saturated carbocycles. The second kappa shape index (κ2) is 7.93. The molecule has 2 aromatic rings. The second-order valence-corrected chi connectivity index (χ2v) is 6.55. The molecular weight excluding hydrogens is 345 g/mol. The number of hydrogen-bond donors (Lipinski definition) is 2. The first-order valence-corrected chi connectivity index (χ1v) is 8.22. The molecule has 0 bridgehead atoms. The highest BCUT2D eigenvalue weighted by molar-refractivity contribution is 5.90. The third kappa shape index (κ3) is 4.55. The minimum absolute atomic E-state index is 0. The highest BCUT2D eigenvalue weighted by Gasteiger charge is 2.29. The Bertz CT molecular complexity index is 744. The minimum Gasteiger partial charge on any atom is -0.348 e. The largest absolute Gasteiger partial charge is 0.348 e. The van der Waals surface area contributed by atoms with Crippen LogP contribution in [0.3, 0.4) is 0 Å². The van der Waals surface area contributed by atoms with E-state index in [9.17, 15) is 9.18 Å². The van der Waals surface area contributed by atoms with Gasteiger partial charge in [-0.3, -0.25) is 4.79 Å². The van der Waals surface area contributed by atoms with E-state index in [1.165, 1.54) is 16.8 Å². The Morgan fingerprint density at radius 3 is 2.76 bits per heavy atom. The summed E-state index contributed by atoms with van der Waals surface area (Å²) in [6.07, 6.45) is 2.25. The van der Waals surface area contributed by atoms with Crippen LogP contribution < -0.4 is 11.1 Å². The van der Waals surface area contributed by atoms with E-state index in [4.69, 9.17) is 5.73 Å². The van der Waals surface area contributed by atoms with Crippen molar-refractivity contribution in [1.29, 1.82) is 0 Å². The number of rotatable bonds is 6. The fourth-order valence-electron chi connectivity index (χ4n) is 2.57. The van der Waals surface area contributed by atoms with Crippen molar-refractivity contribution in [3.63, 3.8) is 0 Å².